The highest BCUT2D eigenvalue weighted by molar-refractivity contribution is 5.94. The summed E-state index contributed by atoms with van der Waals surface area (Å²) >= 11 is 0. The molecule has 1 aliphatic heterocycles. The zero-order chi connectivity index (χ0) is 28.4. The molecule has 210 valence electrons. The average molecular weight is 537 g/mol. The fourth-order valence-electron chi connectivity index (χ4n) is 4.60. The van der Waals surface area contributed by atoms with E-state index in [9.17, 15) is 14.0 Å². The Morgan fingerprint density at radius 1 is 1.00 bits per heavy atom. The molecule has 1 saturated heterocycles. The number of hydrogen-bond donors (Lipinski definition) is 3. The van der Waals surface area contributed by atoms with Gasteiger partial charge in [-0.25, -0.2) is 14.2 Å². The van der Waals surface area contributed by atoms with Crippen molar-refractivity contribution in [2.45, 2.75) is 58.9 Å². The van der Waals surface area contributed by atoms with Gasteiger partial charge >= 0.3 is 6.03 Å². The van der Waals surface area contributed by atoms with Crippen molar-refractivity contribution in [3.63, 3.8) is 0 Å². The van der Waals surface area contributed by atoms with Crippen molar-refractivity contribution in [1.29, 1.82) is 0 Å². The lowest BCUT2D eigenvalue weighted by Gasteiger charge is -2.35. The van der Waals surface area contributed by atoms with E-state index in [1.165, 1.54) is 18.7 Å². The molecular weight excluding hydrogens is 495 g/mol. The second kappa shape index (κ2) is 14.3. The van der Waals surface area contributed by atoms with Crippen LogP contribution in [0.1, 0.15) is 52.9 Å². The fourth-order valence-corrected chi connectivity index (χ4v) is 4.60. The summed E-state index contributed by atoms with van der Waals surface area (Å²) in [5, 5.41) is 8.61. The Morgan fingerprint density at radius 2 is 1.64 bits per heavy atom. The molecule has 0 aromatic heterocycles. The SMILES string of the molecule is C=C(C)C(=C\N=C(C)Nc1ccc(N2CCN(C(C)=O)CC2)cc1)/C=C(/F)C(=C)NC(=O)NC1CCCCC1. The third-order valence-electron chi connectivity index (χ3n) is 6.95. The maximum atomic E-state index is 14.8. The van der Waals surface area contributed by atoms with Crippen molar-refractivity contribution in [2.24, 2.45) is 4.99 Å². The van der Waals surface area contributed by atoms with Gasteiger partial charge in [0.2, 0.25) is 5.91 Å². The average Bonchev–Trinajstić information content (AvgIpc) is 2.91. The number of carbonyl (C=O) groups is 2. The molecule has 2 aliphatic rings. The number of rotatable bonds is 8. The Kier molecular flexibility index (Phi) is 10.9. The van der Waals surface area contributed by atoms with Crippen LogP contribution in [0.3, 0.4) is 0 Å². The first-order valence-corrected chi connectivity index (χ1v) is 13.5. The number of aliphatic imine (C=N–C) groups is 1. The number of nitrogens with zero attached hydrogens (tertiary/aromatic N) is 3. The number of urea groups is 1. The molecule has 9 heteroatoms. The summed E-state index contributed by atoms with van der Waals surface area (Å²) in [5.74, 6) is 0.0719. The van der Waals surface area contributed by atoms with E-state index in [-0.39, 0.29) is 17.6 Å². The van der Waals surface area contributed by atoms with Crippen LogP contribution < -0.4 is 20.9 Å². The monoisotopic (exact) mass is 536 g/mol. The largest absolute Gasteiger partial charge is 0.368 e. The summed E-state index contributed by atoms with van der Waals surface area (Å²) in [7, 11) is 0. The maximum Gasteiger partial charge on any atom is 0.319 e. The minimum absolute atomic E-state index is 0.114. The van der Waals surface area contributed by atoms with E-state index in [2.05, 4.69) is 39.0 Å². The smallest absolute Gasteiger partial charge is 0.319 e. The van der Waals surface area contributed by atoms with Crippen LogP contribution >= 0.6 is 0 Å². The molecule has 39 heavy (non-hydrogen) atoms. The number of amides is 3. The summed E-state index contributed by atoms with van der Waals surface area (Å²) < 4.78 is 14.8. The molecule has 8 nitrogen and oxygen atoms in total. The lowest BCUT2D eigenvalue weighted by molar-refractivity contribution is -0.129. The highest BCUT2D eigenvalue weighted by atomic mass is 19.1. The number of amidine groups is 1. The number of anilines is 2. The van der Waals surface area contributed by atoms with E-state index < -0.39 is 11.9 Å². The lowest BCUT2D eigenvalue weighted by atomic mass is 9.96. The van der Waals surface area contributed by atoms with E-state index in [1.807, 2.05) is 36.1 Å². The molecule has 3 amide bonds. The van der Waals surface area contributed by atoms with E-state index in [0.717, 1.165) is 63.2 Å². The molecule has 1 saturated carbocycles. The second-order valence-corrected chi connectivity index (χ2v) is 10.1. The number of nitrogens with one attached hydrogen (secondary N) is 3. The Hall–Kier alpha value is -3.88. The molecule has 0 radical (unpaired) electrons. The zero-order valence-corrected chi connectivity index (χ0v) is 23.4. The van der Waals surface area contributed by atoms with Crippen LogP contribution in [0.15, 0.2) is 77.4 Å². The van der Waals surface area contributed by atoms with Crippen LogP contribution in [-0.4, -0.2) is 54.9 Å². The first-order valence-electron chi connectivity index (χ1n) is 13.5. The molecule has 1 aliphatic carbocycles. The molecule has 1 heterocycles. The van der Waals surface area contributed by atoms with E-state index in [4.69, 9.17) is 0 Å². The molecule has 3 N–H and O–H groups in total. The van der Waals surface area contributed by atoms with Gasteiger partial charge in [0.1, 0.15) is 11.7 Å². The number of piperazine rings is 1. The second-order valence-electron chi connectivity index (χ2n) is 10.1. The van der Waals surface area contributed by atoms with Gasteiger partial charge in [0.15, 0.2) is 0 Å². The van der Waals surface area contributed by atoms with Crippen LogP contribution in [-0.2, 0) is 4.79 Å². The standard InChI is InChI=1S/C30H41FN6O2/c1-21(2)25(19-29(31)22(3)33-30(39)35-26-9-7-6-8-10-26)20-32-23(4)34-27-11-13-28(14-12-27)37-17-15-36(16-18-37)24(5)38/h11-14,19-20,26H,1,3,6-10,15-18H2,2,4-5H3,(H,32,34)(H2,33,35,39)/b25-20-,29-19+. The zero-order valence-electron chi connectivity index (χ0n) is 23.4. The third kappa shape index (κ3) is 9.42. The summed E-state index contributed by atoms with van der Waals surface area (Å²) in [6.45, 7) is 15.8. The number of allylic oxidation sites excluding steroid dienone is 4. The van der Waals surface area contributed by atoms with Crippen molar-refractivity contribution in [1.82, 2.24) is 15.5 Å². The van der Waals surface area contributed by atoms with Gasteiger partial charge in [-0.05, 0) is 68.2 Å². The summed E-state index contributed by atoms with van der Waals surface area (Å²) in [6.07, 6.45) is 8.05. The number of benzene rings is 1. The normalized spacial score (nSPS) is 17.5. The Morgan fingerprint density at radius 3 is 2.23 bits per heavy atom. The third-order valence-corrected chi connectivity index (χ3v) is 6.95. The minimum Gasteiger partial charge on any atom is -0.368 e. The van der Waals surface area contributed by atoms with Crippen molar-refractivity contribution in [3.8, 4) is 0 Å². The summed E-state index contributed by atoms with van der Waals surface area (Å²) in [4.78, 5) is 32.3. The Labute approximate surface area is 231 Å². The molecule has 2 fully saturated rings. The van der Waals surface area contributed by atoms with Crippen molar-refractivity contribution in [2.75, 3.05) is 36.4 Å². The Bertz CT molecular complexity index is 1140. The van der Waals surface area contributed by atoms with E-state index in [0.29, 0.717) is 17.0 Å². The van der Waals surface area contributed by atoms with Crippen molar-refractivity contribution in [3.05, 3.63) is 72.4 Å². The first-order chi connectivity index (χ1) is 18.6. The van der Waals surface area contributed by atoms with Crippen LogP contribution in [0.2, 0.25) is 0 Å². The van der Waals surface area contributed by atoms with E-state index >= 15 is 0 Å². The van der Waals surface area contributed by atoms with Gasteiger partial charge in [-0.1, -0.05) is 32.4 Å². The quantitative estimate of drug-likeness (QED) is 0.228. The highest BCUT2D eigenvalue weighted by Gasteiger charge is 2.19. The van der Waals surface area contributed by atoms with Crippen LogP contribution in [0.25, 0.3) is 0 Å². The molecular formula is C30H41FN6O2. The van der Waals surface area contributed by atoms with E-state index in [1.54, 1.807) is 13.8 Å². The van der Waals surface area contributed by atoms with Gasteiger partial charge in [-0.3, -0.25) is 4.79 Å². The molecule has 0 spiro atoms. The lowest BCUT2D eigenvalue weighted by Crippen LogP contribution is -2.48. The number of carbonyl (C=O) groups excluding carboxylic acids is 2. The minimum atomic E-state index is -0.663. The van der Waals surface area contributed by atoms with Gasteiger partial charge in [-0.15, -0.1) is 0 Å². The number of halogens is 1. The highest BCUT2D eigenvalue weighted by Crippen LogP contribution is 2.21. The first kappa shape index (κ1) is 29.7. The predicted octanol–water partition coefficient (Wildman–Crippen LogP) is 5.64. The van der Waals surface area contributed by atoms with Crippen LogP contribution in [0.5, 0.6) is 0 Å². The van der Waals surface area contributed by atoms with Gasteiger partial charge in [0.25, 0.3) is 0 Å². The van der Waals surface area contributed by atoms with Gasteiger partial charge in [-0.2, -0.15) is 0 Å². The number of hydrogen-bond acceptors (Lipinski definition) is 4. The van der Waals surface area contributed by atoms with Gasteiger partial charge in [0, 0.05) is 56.7 Å². The maximum absolute atomic E-state index is 14.8. The summed E-state index contributed by atoms with van der Waals surface area (Å²) in [5.41, 5.74) is 2.96. The van der Waals surface area contributed by atoms with Crippen molar-refractivity contribution < 1.29 is 14.0 Å². The molecule has 1 aromatic rings. The van der Waals surface area contributed by atoms with Crippen molar-refractivity contribution >= 4 is 29.1 Å². The molecule has 3 rings (SSSR count). The molecule has 0 unspecified atom stereocenters. The van der Waals surface area contributed by atoms with Gasteiger partial charge < -0.3 is 25.8 Å². The summed E-state index contributed by atoms with van der Waals surface area (Å²) in [6, 6.07) is 7.70. The predicted molar refractivity (Wildman–Crippen MR) is 157 cm³/mol. The van der Waals surface area contributed by atoms with Gasteiger partial charge in [0.05, 0.1) is 5.70 Å². The molecule has 0 atom stereocenters. The van der Waals surface area contributed by atoms with Crippen LogP contribution in [0, 0.1) is 0 Å². The molecule has 1 aromatic carbocycles. The molecule has 0 bridgehead atoms. The Balaban J connectivity index is 1.56. The fraction of sp³-hybridized carbons (Fsp3) is 0.433. The van der Waals surface area contributed by atoms with Crippen LogP contribution in [0.4, 0.5) is 20.6 Å². The topological polar surface area (TPSA) is 89.1 Å².